The number of anilines is 1. The molecule has 0 aliphatic carbocycles. The Hall–Kier alpha value is -2.07. The number of hydrogen-bond donors (Lipinski definition) is 1. The smallest absolute Gasteiger partial charge is 0.376 e. The maximum Gasteiger partial charge on any atom is 0.389 e. The minimum atomic E-state index is -4.10. The van der Waals surface area contributed by atoms with E-state index in [-0.39, 0.29) is 12.5 Å². The average molecular weight is 429 g/mol. The molecule has 0 amide bonds. The van der Waals surface area contributed by atoms with Crippen molar-refractivity contribution in [3.8, 4) is 0 Å². The van der Waals surface area contributed by atoms with E-state index in [2.05, 4.69) is 25.1 Å². The molecule has 7 nitrogen and oxygen atoms in total. The number of alkyl halides is 3. The molecule has 0 spiro atoms. The maximum absolute atomic E-state index is 12.3. The van der Waals surface area contributed by atoms with Crippen molar-refractivity contribution >= 4 is 11.8 Å². The Bertz CT molecular complexity index is 646. The summed E-state index contributed by atoms with van der Waals surface area (Å²) in [4.78, 5) is 13.4. The predicted octanol–water partition coefficient (Wildman–Crippen LogP) is 2.30. The molecule has 3 heterocycles. The number of nitrogens with one attached hydrogen (secondary N) is 1. The molecule has 2 fully saturated rings. The van der Waals surface area contributed by atoms with Crippen molar-refractivity contribution in [3.63, 3.8) is 0 Å². The summed E-state index contributed by atoms with van der Waals surface area (Å²) in [7, 11) is 0. The Morgan fingerprint density at radius 2 is 2.00 bits per heavy atom. The van der Waals surface area contributed by atoms with Gasteiger partial charge >= 0.3 is 6.18 Å². The topological polar surface area (TPSA) is 62.2 Å². The first-order chi connectivity index (χ1) is 14.5. The van der Waals surface area contributed by atoms with Gasteiger partial charge in [-0.25, -0.2) is 4.98 Å². The van der Waals surface area contributed by atoms with Gasteiger partial charge in [0, 0.05) is 45.3 Å². The van der Waals surface area contributed by atoms with Crippen molar-refractivity contribution in [2.75, 3.05) is 64.0 Å². The van der Waals surface area contributed by atoms with Gasteiger partial charge in [-0.05, 0) is 25.0 Å². The predicted molar refractivity (Wildman–Crippen MR) is 109 cm³/mol. The third-order valence-electron chi connectivity index (χ3n) is 5.05. The number of unbranched alkanes of at least 4 members (excludes halogenated alkanes) is 1. The lowest BCUT2D eigenvalue weighted by Gasteiger charge is -2.37. The molecule has 1 aromatic heterocycles. The van der Waals surface area contributed by atoms with Crippen molar-refractivity contribution < 1.29 is 22.6 Å². The van der Waals surface area contributed by atoms with E-state index in [1.807, 2.05) is 18.2 Å². The Balaban J connectivity index is 1.52. The lowest BCUT2D eigenvalue weighted by atomic mass is 10.2. The van der Waals surface area contributed by atoms with Gasteiger partial charge in [0.25, 0.3) is 0 Å². The number of aliphatic imine (C=N–C) groups is 1. The van der Waals surface area contributed by atoms with E-state index in [1.54, 1.807) is 6.20 Å². The van der Waals surface area contributed by atoms with Crippen LogP contribution in [0, 0.1) is 0 Å². The number of ether oxygens (including phenoxy) is 2. The summed E-state index contributed by atoms with van der Waals surface area (Å²) in [6.07, 6.45) is -2.61. The number of piperazine rings is 1. The summed E-state index contributed by atoms with van der Waals surface area (Å²) in [5.41, 5.74) is 0. The molecule has 2 aliphatic heterocycles. The van der Waals surface area contributed by atoms with E-state index in [0.29, 0.717) is 39.3 Å². The van der Waals surface area contributed by atoms with Crippen LogP contribution in [0.25, 0.3) is 0 Å². The standard InChI is InChI=1S/C20H30F3N5O2/c21-20(22,23)6-2-4-8-25-19(26-15-17-16-29-13-14-30-17)28-11-9-27(10-12-28)18-5-1-3-7-24-18/h1,3,5,7,17H,2,4,6,8-16H2,(H,25,26)/t17-/m0/s1. The first kappa shape index (κ1) is 22.6. The Kier molecular flexibility index (Phi) is 8.56. The summed E-state index contributed by atoms with van der Waals surface area (Å²) in [5.74, 6) is 1.67. The first-order valence-electron chi connectivity index (χ1n) is 10.5. The number of aromatic nitrogens is 1. The molecular weight excluding hydrogens is 399 g/mol. The highest BCUT2D eigenvalue weighted by atomic mass is 19.4. The van der Waals surface area contributed by atoms with Crippen LogP contribution in [0.4, 0.5) is 19.0 Å². The van der Waals surface area contributed by atoms with Crippen LogP contribution in [0.2, 0.25) is 0 Å². The molecule has 0 radical (unpaired) electrons. The molecule has 2 aliphatic rings. The van der Waals surface area contributed by atoms with Gasteiger partial charge in [-0.15, -0.1) is 0 Å². The quantitative estimate of drug-likeness (QED) is 0.408. The van der Waals surface area contributed by atoms with Crippen LogP contribution in [-0.2, 0) is 9.47 Å². The molecule has 30 heavy (non-hydrogen) atoms. The summed E-state index contributed by atoms with van der Waals surface area (Å²) in [5, 5.41) is 3.25. The van der Waals surface area contributed by atoms with Gasteiger partial charge in [0.2, 0.25) is 0 Å². The van der Waals surface area contributed by atoms with Crippen molar-refractivity contribution in [3.05, 3.63) is 24.4 Å². The Morgan fingerprint density at radius 1 is 1.17 bits per heavy atom. The second-order valence-electron chi connectivity index (χ2n) is 7.39. The number of pyridine rings is 1. The average Bonchev–Trinajstić information content (AvgIpc) is 2.76. The zero-order valence-electron chi connectivity index (χ0n) is 17.1. The molecule has 1 N–H and O–H groups in total. The van der Waals surface area contributed by atoms with Crippen LogP contribution >= 0.6 is 0 Å². The fraction of sp³-hybridized carbons (Fsp3) is 0.700. The molecule has 0 saturated carbocycles. The van der Waals surface area contributed by atoms with Gasteiger partial charge in [0.1, 0.15) is 11.9 Å². The van der Waals surface area contributed by atoms with Gasteiger partial charge in [0.05, 0.1) is 26.4 Å². The van der Waals surface area contributed by atoms with E-state index in [0.717, 1.165) is 38.0 Å². The minimum Gasteiger partial charge on any atom is -0.376 e. The molecule has 0 bridgehead atoms. The Labute approximate surface area is 175 Å². The van der Waals surface area contributed by atoms with Crippen LogP contribution in [0.1, 0.15) is 19.3 Å². The number of halogens is 3. The number of hydrogen-bond acceptors (Lipinski definition) is 5. The lowest BCUT2D eigenvalue weighted by molar-refractivity contribution is -0.135. The van der Waals surface area contributed by atoms with E-state index in [4.69, 9.17) is 9.47 Å². The fourth-order valence-electron chi connectivity index (χ4n) is 3.44. The zero-order valence-corrected chi connectivity index (χ0v) is 17.1. The Morgan fingerprint density at radius 3 is 2.67 bits per heavy atom. The second kappa shape index (κ2) is 11.4. The van der Waals surface area contributed by atoms with Crippen molar-refractivity contribution in [2.45, 2.75) is 31.5 Å². The summed E-state index contributed by atoms with van der Waals surface area (Å²) in [6, 6.07) is 5.85. The molecule has 168 valence electrons. The molecule has 3 rings (SSSR count). The van der Waals surface area contributed by atoms with Gasteiger partial charge in [-0.2, -0.15) is 13.2 Å². The molecule has 2 saturated heterocycles. The molecule has 1 atom stereocenters. The van der Waals surface area contributed by atoms with Crippen LogP contribution in [0.15, 0.2) is 29.4 Å². The number of nitrogens with zero attached hydrogens (tertiary/aromatic N) is 4. The van der Waals surface area contributed by atoms with Crippen LogP contribution in [-0.4, -0.2) is 87.2 Å². The second-order valence-corrected chi connectivity index (χ2v) is 7.39. The third kappa shape index (κ3) is 7.64. The van der Waals surface area contributed by atoms with Gasteiger partial charge < -0.3 is 24.6 Å². The lowest BCUT2D eigenvalue weighted by Crippen LogP contribution is -2.53. The van der Waals surface area contributed by atoms with Crippen LogP contribution in [0.3, 0.4) is 0 Å². The van der Waals surface area contributed by atoms with E-state index >= 15 is 0 Å². The molecular formula is C20H30F3N5O2. The van der Waals surface area contributed by atoms with Crippen LogP contribution in [0.5, 0.6) is 0 Å². The van der Waals surface area contributed by atoms with Crippen molar-refractivity contribution in [1.29, 1.82) is 0 Å². The highest BCUT2D eigenvalue weighted by molar-refractivity contribution is 5.80. The number of rotatable bonds is 7. The van der Waals surface area contributed by atoms with Crippen molar-refractivity contribution in [1.82, 2.24) is 15.2 Å². The maximum atomic E-state index is 12.3. The minimum absolute atomic E-state index is 0.0874. The van der Waals surface area contributed by atoms with Gasteiger partial charge in [0.15, 0.2) is 5.96 Å². The zero-order chi connectivity index (χ0) is 21.2. The normalized spacial score (nSPS) is 21.0. The first-order valence-corrected chi connectivity index (χ1v) is 10.5. The fourth-order valence-corrected chi connectivity index (χ4v) is 3.44. The summed E-state index contributed by atoms with van der Waals surface area (Å²) >= 11 is 0. The SMILES string of the molecule is FC(F)(F)CCCCNC(=NC[C@H]1COCCO1)N1CCN(c2ccccn2)CC1. The van der Waals surface area contributed by atoms with E-state index in [1.165, 1.54) is 0 Å². The molecule has 1 aromatic rings. The van der Waals surface area contributed by atoms with Gasteiger partial charge in [-0.3, -0.25) is 4.99 Å². The number of guanidine groups is 1. The van der Waals surface area contributed by atoms with Crippen molar-refractivity contribution in [2.24, 2.45) is 4.99 Å². The van der Waals surface area contributed by atoms with Gasteiger partial charge in [-0.1, -0.05) is 6.07 Å². The largest absolute Gasteiger partial charge is 0.389 e. The summed E-state index contributed by atoms with van der Waals surface area (Å²) in [6.45, 7) is 5.70. The monoisotopic (exact) mass is 429 g/mol. The molecule has 0 aromatic carbocycles. The summed E-state index contributed by atoms with van der Waals surface area (Å²) < 4.78 is 48.1. The van der Waals surface area contributed by atoms with E-state index in [9.17, 15) is 13.2 Å². The van der Waals surface area contributed by atoms with Crippen LogP contribution < -0.4 is 10.2 Å². The highest BCUT2D eigenvalue weighted by Crippen LogP contribution is 2.22. The third-order valence-corrected chi connectivity index (χ3v) is 5.05. The molecule has 10 heteroatoms. The highest BCUT2D eigenvalue weighted by Gasteiger charge is 2.26. The van der Waals surface area contributed by atoms with E-state index < -0.39 is 12.6 Å². The molecule has 0 unspecified atom stereocenters.